The molecule has 2 aromatic heterocycles. The Morgan fingerprint density at radius 2 is 1.94 bits per heavy atom. The lowest BCUT2D eigenvalue weighted by Crippen LogP contribution is -2.28. The molecule has 0 bridgehead atoms. The third-order valence-electron chi connectivity index (χ3n) is 4.89. The standard InChI is InChI=1S/C22H20F3N5O.C2H4O2/c23-22(24,25)19-6-2-15(21(29-19)30-12-1-9-26-11-13-30)3-7-20(31)28-17-4-5-18-16(14-17)8-10-27-18;1-2(3)4/h2-10,14,27H,1,11-13H2,(H,28,31);1H3,(H,3,4)/b7-3+;. The average Bonchev–Trinajstić information content (AvgIpc) is 3.08. The van der Waals surface area contributed by atoms with Crippen molar-refractivity contribution in [1.29, 1.82) is 0 Å². The third-order valence-corrected chi connectivity index (χ3v) is 4.89. The topological polar surface area (TPSA) is 111 Å². The fourth-order valence-electron chi connectivity index (χ4n) is 3.38. The number of hydrogen-bond donors (Lipinski definition) is 3. The van der Waals surface area contributed by atoms with E-state index in [9.17, 15) is 18.0 Å². The van der Waals surface area contributed by atoms with Gasteiger partial charge in [0.1, 0.15) is 11.5 Å². The maximum absolute atomic E-state index is 13.2. The van der Waals surface area contributed by atoms with E-state index in [2.05, 4.69) is 20.3 Å². The molecule has 1 aliphatic heterocycles. The first-order valence-corrected chi connectivity index (χ1v) is 10.7. The van der Waals surface area contributed by atoms with Crippen molar-refractivity contribution in [3.8, 4) is 0 Å². The van der Waals surface area contributed by atoms with Crippen LogP contribution in [0, 0.1) is 0 Å². The van der Waals surface area contributed by atoms with Gasteiger partial charge in [0.25, 0.3) is 5.97 Å². The van der Waals surface area contributed by atoms with Crippen molar-refractivity contribution in [3.63, 3.8) is 0 Å². The van der Waals surface area contributed by atoms with Crippen LogP contribution in [0.5, 0.6) is 0 Å². The van der Waals surface area contributed by atoms with Crippen molar-refractivity contribution in [2.75, 3.05) is 29.9 Å². The maximum atomic E-state index is 13.2. The Kier molecular flexibility index (Phi) is 8.24. The molecular formula is C24H24F3N5O3. The molecule has 0 saturated heterocycles. The number of halogens is 3. The Bertz CT molecular complexity index is 1240. The fraction of sp³-hybridized carbons (Fsp3) is 0.250. The number of amides is 1. The number of fused-ring (bicyclic) bond motifs is 1. The number of benzene rings is 1. The van der Waals surface area contributed by atoms with Gasteiger partial charge < -0.3 is 20.3 Å². The van der Waals surface area contributed by atoms with Crippen molar-refractivity contribution in [1.82, 2.24) is 9.97 Å². The quantitative estimate of drug-likeness (QED) is 0.466. The number of nitrogens with one attached hydrogen (secondary N) is 2. The Balaban J connectivity index is 0.000000795. The lowest BCUT2D eigenvalue weighted by molar-refractivity contribution is -0.141. The van der Waals surface area contributed by atoms with Gasteiger partial charge in [-0.1, -0.05) is 0 Å². The second-order valence-corrected chi connectivity index (χ2v) is 7.59. The highest BCUT2D eigenvalue weighted by atomic mass is 19.4. The van der Waals surface area contributed by atoms with Gasteiger partial charge in [-0.15, -0.1) is 0 Å². The molecule has 0 unspecified atom stereocenters. The van der Waals surface area contributed by atoms with Crippen molar-refractivity contribution >= 4 is 46.6 Å². The van der Waals surface area contributed by atoms with E-state index in [4.69, 9.17) is 9.90 Å². The molecule has 0 saturated carbocycles. The van der Waals surface area contributed by atoms with Crippen LogP contribution in [0.2, 0.25) is 0 Å². The van der Waals surface area contributed by atoms with Gasteiger partial charge in [0, 0.05) is 60.7 Å². The summed E-state index contributed by atoms with van der Waals surface area (Å²) >= 11 is 0. The van der Waals surface area contributed by atoms with Gasteiger partial charge in [-0.05, 0) is 48.9 Å². The SMILES string of the molecule is CC(=O)O.O=C(/C=C/c1ccc(C(F)(F)F)nc1N1CCC=NCC1)Nc1ccc2[nH]ccc2c1. The fourth-order valence-corrected chi connectivity index (χ4v) is 3.38. The van der Waals surface area contributed by atoms with Crippen LogP contribution in [0.4, 0.5) is 24.7 Å². The Labute approximate surface area is 199 Å². The third kappa shape index (κ3) is 7.42. The van der Waals surface area contributed by atoms with E-state index in [0.717, 1.165) is 23.9 Å². The number of hydrogen-bond acceptors (Lipinski definition) is 5. The first-order chi connectivity index (χ1) is 16.6. The first kappa shape index (κ1) is 25.5. The summed E-state index contributed by atoms with van der Waals surface area (Å²) < 4.78 is 39.6. The van der Waals surface area contributed by atoms with Gasteiger partial charge in [-0.3, -0.25) is 14.6 Å². The first-order valence-electron chi connectivity index (χ1n) is 10.7. The van der Waals surface area contributed by atoms with Crippen LogP contribution in [0.15, 0.2) is 53.7 Å². The molecule has 0 atom stereocenters. The van der Waals surface area contributed by atoms with Gasteiger partial charge in [0.05, 0.1) is 6.54 Å². The minimum absolute atomic E-state index is 0.193. The number of carboxylic acid groups (broad SMARTS) is 1. The Morgan fingerprint density at radius 3 is 2.69 bits per heavy atom. The molecule has 0 spiro atoms. The second kappa shape index (κ2) is 11.3. The number of aromatic nitrogens is 2. The number of carboxylic acids is 1. The summed E-state index contributed by atoms with van der Waals surface area (Å²) in [5.41, 5.74) is 1.05. The molecule has 11 heteroatoms. The number of carbonyl (C=O) groups excluding carboxylic acids is 1. The maximum Gasteiger partial charge on any atom is 0.433 e. The molecule has 3 aromatic rings. The lowest BCUT2D eigenvalue weighted by Gasteiger charge is -2.24. The highest BCUT2D eigenvalue weighted by Crippen LogP contribution is 2.31. The largest absolute Gasteiger partial charge is 0.481 e. The lowest BCUT2D eigenvalue weighted by atomic mass is 10.2. The number of aliphatic imine (C=N–C) groups is 1. The Morgan fingerprint density at radius 1 is 1.17 bits per heavy atom. The molecule has 3 heterocycles. The van der Waals surface area contributed by atoms with Crippen molar-refractivity contribution in [2.24, 2.45) is 4.99 Å². The van der Waals surface area contributed by atoms with E-state index < -0.39 is 17.8 Å². The zero-order chi connectivity index (χ0) is 25.4. The minimum atomic E-state index is -4.55. The van der Waals surface area contributed by atoms with Crippen LogP contribution in [0.25, 0.3) is 17.0 Å². The predicted molar refractivity (Wildman–Crippen MR) is 129 cm³/mol. The number of aliphatic carboxylic acids is 1. The van der Waals surface area contributed by atoms with Gasteiger partial charge in [-0.2, -0.15) is 13.2 Å². The second-order valence-electron chi connectivity index (χ2n) is 7.59. The molecule has 184 valence electrons. The number of rotatable bonds is 4. The van der Waals surface area contributed by atoms with Crippen LogP contribution in [0.3, 0.4) is 0 Å². The summed E-state index contributed by atoms with van der Waals surface area (Å²) in [4.78, 5) is 34.3. The summed E-state index contributed by atoms with van der Waals surface area (Å²) in [6.45, 7) is 2.51. The number of nitrogens with zero attached hydrogens (tertiary/aromatic N) is 3. The molecule has 3 N–H and O–H groups in total. The molecule has 35 heavy (non-hydrogen) atoms. The van der Waals surface area contributed by atoms with Crippen LogP contribution in [-0.2, 0) is 15.8 Å². The Hall–Kier alpha value is -4.15. The number of H-pyrrole nitrogens is 1. The molecule has 0 radical (unpaired) electrons. The molecule has 1 aromatic carbocycles. The highest BCUT2D eigenvalue weighted by Gasteiger charge is 2.33. The van der Waals surface area contributed by atoms with E-state index >= 15 is 0 Å². The van der Waals surface area contributed by atoms with Crippen molar-refractivity contribution < 1.29 is 27.9 Å². The number of alkyl halides is 3. The number of aromatic amines is 1. The smallest absolute Gasteiger partial charge is 0.433 e. The summed E-state index contributed by atoms with van der Waals surface area (Å²) in [5.74, 6) is -1.03. The van der Waals surface area contributed by atoms with Gasteiger partial charge in [-0.25, -0.2) is 4.98 Å². The van der Waals surface area contributed by atoms with E-state index in [1.165, 1.54) is 18.2 Å². The molecule has 0 aliphatic carbocycles. The van der Waals surface area contributed by atoms with Crippen LogP contribution < -0.4 is 10.2 Å². The molecule has 0 fully saturated rings. The van der Waals surface area contributed by atoms with Crippen LogP contribution in [-0.4, -0.2) is 52.8 Å². The normalized spacial score (nSPS) is 13.9. The number of carbonyl (C=O) groups is 2. The van der Waals surface area contributed by atoms with Crippen molar-refractivity contribution in [3.05, 3.63) is 59.9 Å². The summed E-state index contributed by atoms with van der Waals surface area (Å²) in [7, 11) is 0. The summed E-state index contributed by atoms with van der Waals surface area (Å²) in [6.07, 6.45) is 2.42. The van der Waals surface area contributed by atoms with Gasteiger partial charge in [0.15, 0.2) is 0 Å². The van der Waals surface area contributed by atoms with E-state index in [-0.39, 0.29) is 11.7 Å². The molecule has 1 amide bonds. The minimum Gasteiger partial charge on any atom is -0.481 e. The zero-order valence-electron chi connectivity index (χ0n) is 18.8. The van der Waals surface area contributed by atoms with E-state index in [0.29, 0.717) is 37.3 Å². The molecule has 8 nitrogen and oxygen atoms in total. The molecular weight excluding hydrogens is 463 g/mol. The van der Waals surface area contributed by atoms with E-state index in [1.54, 1.807) is 17.2 Å². The summed E-state index contributed by atoms with van der Waals surface area (Å²) in [6, 6.07) is 9.62. The monoisotopic (exact) mass is 487 g/mol. The highest BCUT2D eigenvalue weighted by molar-refractivity contribution is 6.03. The number of pyridine rings is 1. The molecule has 1 aliphatic rings. The number of anilines is 2. The molecule has 4 rings (SSSR count). The zero-order valence-corrected chi connectivity index (χ0v) is 18.8. The van der Waals surface area contributed by atoms with Crippen LogP contribution >= 0.6 is 0 Å². The van der Waals surface area contributed by atoms with Gasteiger partial charge in [0.2, 0.25) is 5.91 Å². The van der Waals surface area contributed by atoms with Crippen molar-refractivity contribution in [2.45, 2.75) is 19.5 Å². The average molecular weight is 487 g/mol. The predicted octanol–water partition coefficient (Wildman–Crippen LogP) is 4.61. The van der Waals surface area contributed by atoms with E-state index in [1.807, 2.05) is 24.4 Å². The summed E-state index contributed by atoms with van der Waals surface area (Å²) in [5, 5.41) is 11.1. The van der Waals surface area contributed by atoms with Crippen LogP contribution in [0.1, 0.15) is 24.6 Å². The van der Waals surface area contributed by atoms with Gasteiger partial charge >= 0.3 is 6.18 Å².